The first kappa shape index (κ1) is 15.2. The van der Waals surface area contributed by atoms with Crippen LogP contribution in [-0.2, 0) is 12.8 Å². The molecule has 0 aromatic carbocycles. The first-order valence-corrected chi connectivity index (χ1v) is 7.45. The monoisotopic (exact) mass is 293 g/mol. The summed E-state index contributed by atoms with van der Waals surface area (Å²) in [4.78, 5) is 7.06. The van der Waals surface area contributed by atoms with E-state index in [1.165, 1.54) is 18.4 Å². The summed E-state index contributed by atoms with van der Waals surface area (Å²) in [7, 11) is 1.91. The van der Waals surface area contributed by atoms with Gasteiger partial charge in [-0.1, -0.05) is 12.2 Å². The van der Waals surface area contributed by atoms with Crippen LogP contribution in [0.15, 0.2) is 6.07 Å². The third kappa shape index (κ3) is 3.46. The molecular weight excluding hydrogens is 270 g/mol. The molecule has 1 aliphatic carbocycles. The van der Waals surface area contributed by atoms with Gasteiger partial charge in [0.05, 0.1) is 11.2 Å². The first-order valence-electron chi connectivity index (χ1n) is 7.04. The molecule has 0 amide bonds. The number of aromatic nitrogens is 1. The van der Waals surface area contributed by atoms with Crippen LogP contribution in [0.1, 0.15) is 43.5 Å². The maximum absolute atomic E-state index is 9.98. The van der Waals surface area contributed by atoms with E-state index in [0.29, 0.717) is 11.5 Å². The summed E-state index contributed by atoms with van der Waals surface area (Å²) >= 11 is 5.16. The standard InChI is InChI=1S/C15H23N3OS/c1-15(2,19)9-18(3)14-11(13(16)20)8-10-6-4-5-7-12(10)17-14/h8,19H,4-7,9H2,1-3H3,(H2,16,20). The van der Waals surface area contributed by atoms with Crippen LogP contribution < -0.4 is 10.6 Å². The van der Waals surface area contributed by atoms with Crippen molar-refractivity contribution in [2.24, 2.45) is 5.73 Å². The van der Waals surface area contributed by atoms with Crippen LogP contribution in [-0.4, -0.2) is 34.3 Å². The number of aryl methyl sites for hydroxylation is 2. The van der Waals surface area contributed by atoms with Crippen LogP contribution in [0.4, 0.5) is 5.82 Å². The summed E-state index contributed by atoms with van der Waals surface area (Å²) in [6, 6.07) is 2.08. The van der Waals surface area contributed by atoms with Crippen molar-refractivity contribution in [3.05, 3.63) is 22.9 Å². The van der Waals surface area contributed by atoms with Gasteiger partial charge in [-0.25, -0.2) is 4.98 Å². The zero-order valence-electron chi connectivity index (χ0n) is 12.4. The van der Waals surface area contributed by atoms with Crippen molar-refractivity contribution in [1.82, 2.24) is 4.98 Å². The van der Waals surface area contributed by atoms with Gasteiger partial charge in [0.2, 0.25) is 0 Å². The van der Waals surface area contributed by atoms with Gasteiger partial charge in [-0.05, 0) is 51.2 Å². The molecule has 0 spiro atoms. The fourth-order valence-corrected chi connectivity index (χ4v) is 2.90. The SMILES string of the molecule is CN(CC(C)(C)O)c1nc2c(cc1C(N)=S)CCCC2. The van der Waals surface area contributed by atoms with E-state index < -0.39 is 5.60 Å². The molecule has 2 rings (SSSR count). The topological polar surface area (TPSA) is 62.4 Å². The third-order valence-electron chi connectivity index (χ3n) is 3.53. The zero-order valence-corrected chi connectivity index (χ0v) is 13.3. The minimum atomic E-state index is -0.792. The van der Waals surface area contributed by atoms with E-state index in [4.69, 9.17) is 22.9 Å². The normalized spacial score (nSPS) is 14.8. The van der Waals surface area contributed by atoms with Crippen molar-refractivity contribution in [2.75, 3.05) is 18.5 Å². The Morgan fingerprint density at radius 1 is 1.45 bits per heavy atom. The van der Waals surface area contributed by atoms with Gasteiger partial charge < -0.3 is 15.7 Å². The van der Waals surface area contributed by atoms with Crippen LogP contribution in [0.2, 0.25) is 0 Å². The van der Waals surface area contributed by atoms with Gasteiger partial charge in [0.15, 0.2) is 0 Å². The summed E-state index contributed by atoms with van der Waals surface area (Å²) in [6.45, 7) is 4.04. The molecule has 0 bridgehead atoms. The Labute approximate surface area is 126 Å². The average molecular weight is 293 g/mol. The Hall–Kier alpha value is -1.20. The van der Waals surface area contributed by atoms with Crippen molar-refractivity contribution in [1.29, 1.82) is 0 Å². The third-order valence-corrected chi connectivity index (χ3v) is 3.75. The number of nitrogens with zero attached hydrogens (tertiary/aromatic N) is 2. The highest BCUT2D eigenvalue weighted by Crippen LogP contribution is 2.27. The highest BCUT2D eigenvalue weighted by Gasteiger charge is 2.22. The molecule has 1 heterocycles. The molecule has 20 heavy (non-hydrogen) atoms. The molecule has 1 aliphatic rings. The second kappa shape index (κ2) is 5.66. The summed E-state index contributed by atoms with van der Waals surface area (Å²) in [5.74, 6) is 0.778. The molecule has 4 nitrogen and oxygen atoms in total. The number of fused-ring (bicyclic) bond motifs is 1. The molecule has 0 unspecified atom stereocenters. The van der Waals surface area contributed by atoms with Crippen LogP contribution >= 0.6 is 12.2 Å². The Bertz CT molecular complexity index is 523. The summed E-state index contributed by atoms with van der Waals surface area (Å²) < 4.78 is 0. The molecule has 1 aromatic heterocycles. The number of nitrogens with two attached hydrogens (primary N) is 1. The maximum atomic E-state index is 9.98. The average Bonchev–Trinajstić information content (AvgIpc) is 2.35. The molecule has 110 valence electrons. The van der Waals surface area contributed by atoms with E-state index in [1.54, 1.807) is 13.8 Å². The number of hydrogen-bond acceptors (Lipinski definition) is 4. The molecule has 0 fully saturated rings. The Kier molecular flexibility index (Phi) is 4.30. The fourth-order valence-electron chi connectivity index (χ4n) is 2.75. The number of likely N-dealkylation sites (N-methyl/N-ethyl adjacent to an activating group) is 1. The predicted octanol–water partition coefficient (Wildman–Crippen LogP) is 1.80. The van der Waals surface area contributed by atoms with Crippen molar-refractivity contribution < 1.29 is 5.11 Å². The molecule has 0 atom stereocenters. The van der Waals surface area contributed by atoms with E-state index in [0.717, 1.165) is 29.9 Å². The summed E-state index contributed by atoms with van der Waals surface area (Å²) in [5.41, 5.74) is 8.28. The minimum Gasteiger partial charge on any atom is -0.389 e. The van der Waals surface area contributed by atoms with Gasteiger partial charge in [0.1, 0.15) is 10.8 Å². The van der Waals surface area contributed by atoms with E-state index in [9.17, 15) is 5.11 Å². The molecule has 0 saturated heterocycles. The molecule has 0 aliphatic heterocycles. The zero-order chi connectivity index (χ0) is 14.9. The van der Waals surface area contributed by atoms with Crippen LogP contribution in [0.25, 0.3) is 0 Å². The number of hydrogen-bond donors (Lipinski definition) is 2. The molecular formula is C15H23N3OS. The quantitative estimate of drug-likeness (QED) is 0.829. The van der Waals surface area contributed by atoms with Crippen LogP contribution in [0.5, 0.6) is 0 Å². The number of aliphatic hydroxyl groups is 1. The number of anilines is 1. The van der Waals surface area contributed by atoms with E-state index in [1.807, 2.05) is 11.9 Å². The largest absolute Gasteiger partial charge is 0.389 e. The van der Waals surface area contributed by atoms with Gasteiger partial charge in [0, 0.05) is 19.3 Å². The second-order valence-corrected chi connectivity index (χ2v) is 6.65. The van der Waals surface area contributed by atoms with Gasteiger partial charge in [0.25, 0.3) is 0 Å². The lowest BCUT2D eigenvalue weighted by molar-refractivity contribution is 0.0884. The van der Waals surface area contributed by atoms with E-state index in [-0.39, 0.29) is 0 Å². The fraction of sp³-hybridized carbons (Fsp3) is 0.600. The number of pyridine rings is 1. The highest BCUT2D eigenvalue weighted by atomic mass is 32.1. The van der Waals surface area contributed by atoms with Gasteiger partial charge in [-0.3, -0.25) is 0 Å². The lowest BCUT2D eigenvalue weighted by Gasteiger charge is -2.29. The second-order valence-electron chi connectivity index (χ2n) is 6.21. The Balaban J connectivity index is 2.42. The summed E-state index contributed by atoms with van der Waals surface area (Å²) in [6.07, 6.45) is 4.44. The summed E-state index contributed by atoms with van der Waals surface area (Å²) in [5, 5.41) is 9.98. The van der Waals surface area contributed by atoms with Crippen molar-refractivity contribution >= 4 is 23.0 Å². The molecule has 0 saturated carbocycles. The predicted molar refractivity (Wildman–Crippen MR) is 86.3 cm³/mol. The Morgan fingerprint density at radius 2 is 2.10 bits per heavy atom. The van der Waals surface area contributed by atoms with Gasteiger partial charge in [-0.2, -0.15) is 0 Å². The maximum Gasteiger partial charge on any atom is 0.138 e. The number of thiocarbonyl (C=S) groups is 1. The van der Waals surface area contributed by atoms with Crippen molar-refractivity contribution in [2.45, 2.75) is 45.1 Å². The highest BCUT2D eigenvalue weighted by molar-refractivity contribution is 7.80. The molecule has 0 radical (unpaired) electrons. The van der Waals surface area contributed by atoms with E-state index in [2.05, 4.69) is 6.07 Å². The molecule has 5 heteroatoms. The van der Waals surface area contributed by atoms with Crippen molar-refractivity contribution in [3.8, 4) is 0 Å². The van der Waals surface area contributed by atoms with E-state index >= 15 is 0 Å². The van der Waals surface area contributed by atoms with Crippen LogP contribution in [0.3, 0.4) is 0 Å². The molecule has 3 N–H and O–H groups in total. The van der Waals surface area contributed by atoms with Crippen LogP contribution in [0, 0.1) is 0 Å². The minimum absolute atomic E-state index is 0.364. The lowest BCUT2D eigenvalue weighted by atomic mass is 9.94. The smallest absolute Gasteiger partial charge is 0.138 e. The number of rotatable bonds is 4. The first-order chi connectivity index (χ1) is 9.28. The molecule has 1 aromatic rings. The lowest BCUT2D eigenvalue weighted by Crippen LogP contribution is -2.38. The van der Waals surface area contributed by atoms with Crippen molar-refractivity contribution in [3.63, 3.8) is 0 Å². The van der Waals surface area contributed by atoms with Gasteiger partial charge >= 0.3 is 0 Å². The van der Waals surface area contributed by atoms with Gasteiger partial charge in [-0.15, -0.1) is 0 Å². The Morgan fingerprint density at radius 3 is 2.70 bits per heavy atom.